The first-order valence-corrected chi connectivity index (χ1v) is 16.8. The predicted molar refractivity (Wildman–Crippen MR) is 161 cm³/mol. The maximum Gasteiger partial charge on any atom is 0.317 e. The number of benzene rings is 2. The topological polar surface area (TPSA) is 91.0 Å². The molecule has 1 saturated carbocycles. The number of urea groups is 1. The third-order valence-corrected chi connectivity index (χ3v) is 8.52. The lowest BCUT2D eigenvalue weighted by Crippen LogP contribution is -2.52. The lowest BCUT2D eigenvalue weighted by Gasteiger charge is -2.36. The number of carbonyl (C=O) groups is 1. The van der Waals surface area contributed by atoms with Gasteiger partial charge in [0, 0.05) is 44.0 Å². The van der Waals surface area contributed by atoms with Crippen LogP contribution >= 0.6 is 0 Å². The third kappa shape index (κ3) is 9.70. The number of anilines is 1. The molecule has 0 bridgehead atoms. The first-order chi connectivity index (χ1) is 19.3. The molecule has 0 radical (unpaired) electrons. The summed E-state index contributed by atoms with van der Waals surface area (Å²) in [5, 5.41) is 3.39. The summed E-state index contributed by atoms with van der Waals surface area (Å²) in [6.45, 7) is 5.88. The van der Waals surface area contributed by atoms with E-state index >= 15 is 0 Å². The van der Waals surface area contributed by atoms with Crippen molar-refractivity contribution in [1.82, 2.24) is 15.1 Å². The highest BCUT2D eigenvalue weighted by Crippen LogP contribution is 2.25. The van der Waals surface area contributed by atoms with E-state index in [-0.39, 0.29) is 12.1 Å². The van der Waals surface area contributed by atoms with E-state index in [4.69, 9.17) is 4.74 Å². The Morgan fingerprint density at radius 3 is 2.10 bits per heavy atom. The predicted octanol–water partition coefficient (Wildman–Crippen LogP) is 6.35. The molecule has 4 rings (SSSR count). The largest absolute Gasteiger partial charge is 0.457 e. The van der Waals surface area contributed by atoms with Crippen LogP contribution in [0.3, 0.4) is 0 Å². The fourth-order valence-electron chi connectivity index (χ4n) is 5.70. The summed E-state index contributed by atoms with van der Waals surface area (Å²) in [6, 6.07) is 15.7. The van der Waals surface area contributed by atoms with Gasteiger partial charge in [-0.3, -0.25) is 9.62 Å². The fourth-order valence-corrected chi connectivity index (χ4v) is 6.27. The van der Waals surface area contributed by atoms with Crippen molar-refractivity contribution in [2.24, 2.45) is 0 Å². The lowest BCUT2D eigenvalue weighted by atomic mass is 10.0. The first kappa shape index (κ1) is 30.2. The number of hydrogen-bond donors (Lipinski definition) is 2. The van der Waals surface area contributed by atoms with Crippen LogP contribution in [0.5, 0.6) is 11.5 Å². The van der Waals surface area contributed by atoms with Crippen LogP contribution < -0.4 is 14.8 Å². The highest BCUT2D eigenvalue weighted by molar-refractivity contribution is 7.92. The summed E-state index contributed by atoms with van der Waals surface area (Å²) in [5.41, 5.74) is 1.73. The Kier molecular flexibility index (Phi) is 11.1. The molecule has 2 amide bonds. The highest BCUT2D eigenvalue weighted by atomic mass is 32.2. The van der Waals surface area contributed by atoms with Gasteiger partial charge >= 0.3 is 6.03 Å². The molecule has 1 aliphatic heterocycles. The second kappa shape index (κ2) is 14.7. The van der Waals surface area contributed by atoms with E-state index < -0.39 is 10.0 Å². The summed E-state index contributed by atoms with van der Waals surface area (Å²) in [7, 11) is -3.30. The molecule has 2 N–H and O–H groups in total. The molecule has 220 valence electrons. The van der Waals surface area contributed by atoms with Crippen molar-refractivity contribution in [2.45, 2.75) is 89.8 Å². The van der Waals surface area contributed by atoms with Crippen LogP contribution in [0.25, 0.3) is 0 Å². The van der Waals surface area contributed by atoms with Gasteiger partial charge in [-0.15, -0.1) is 0 Å². The van der Waals surface area contributed by atoms with Gasteiger partial charge in [0.05, 0.1) is 6.26 Å². The Bertz CT molecular complexity index is 1150. The average molecular weight is 571 g/mol. The van der Waals surface area contributed by atoms with Crippen LogP contribution in [0.15, 0.2) is 48.5 Å². The van der Waals surface area contributed by atoms with E-state index in [9.17, 15) is 13.2 Å². The molecule has 2 aromatic carbocycles. The zero-order valence-electron chi connectivity index (χ0n) is 24.1. The van der Waals surface area contributed by atoms with Crippen molar-refractivity contribution >= 4 is 21.7 Å². The molecule has 1 aliphatic carbocycles. The molecule has 8 nitrogen and oxygen atoms in total. The fraction of sp³-hybridized carbons (Fsp3) is 0.581. The molecule has 2 fully saturated rings. The molecule has 1 saturated heterocycles. The van der Waals surface area contributed by atoms with Crippen molar-refractivity contribution in [3.05, 3.63) is 54.1 Å². The van der Waals surface area contributed by atoms with Crippen LogP contribution in [0, 0.1) is 0 Å². The molecular formula is C31H46N4O4S. The van der Waals surface area contributed by atoms with Gasteiger partial charge in [0.1, 0.15) is 11.5 Å². The standard InChI is InChI=1S/C31H46N4O4S/c1-3-4-21-35(28-9-7-5-6-8-10-28)31(36)32-26-19-22-34(23-20-26)24-25-11-15-29(16-12-25)39-30-17-13-27(14-18-30)33-40(2,37)38/h11-18,26,28,33H,3-10,19-24H2,1-2H3,(H,32,36). The molecule has 2 aliphatic rings. The summed E-state index contributed by atoms with van der Waals surface area (Å²) in [4.78, 5) is 17.9. The maximum absolute atomic E-state index is 13.3. The van der Waals surface area contributed by atoms with Crippen LogP contribution in [0.2, 0.25) is 0 Å². The number of ether oxygens (including phenoxy) is 1. The minimum atomic E-state index is -3.30. The maximum atomic E-state index is 13.3. The SMILES string of the molecule is CCCCN(C(=O)NC1CCN(Cc2ccc(Oc3ccc(NS(C)(=O)=O)cc3)cc2)CC1)C1CCCCCC1. The van der Waals surface area contributed by atoms with Crippen LogP contribution in [0.1, 0.15) is 76.7 Å². The quantitative estimate of drug-likeness (QED) is 0.307. The number of nitrogens with zero attached hydrogens (tertiary/aromatic N) is 2. The van der Waals surface area contributed by atoms with E-state index in [1.54, 1.807) is 24.3 Å². The highest BCUT2D eigenvalue weighted by Gasteiger charge is 2.27. The Balaban J connectivity index is 1.22. The summed E-state index contributed by atoms with van der Waals surface area (Å²) in [5.74, 6) is 1.37. The molecule has 0 aromatic heterocycles. The molecule has 0 unspecified atom stereocenters. The van der Waals surface area contributed by atoms with Gasteiger partial charge in [-0.05, 0) is 74.1 Å². The number of hydrogen-bond acceptors (Lipinski definition) is 5. The second-order valence-corrected chi connectivity index (χ2v) is 13.1. The molecule has 0 spiro atoms. The third-order valence-electron chi connectivity index (χ3n) is 7.92. The Morgan fingerprint density at radius 2 is 1.52 bits per heavy atom. The molecule has 1 heterocycles. The Hall–Kier alpha value is -2.78. The van der Waals surface area contributed by atoms with Crippen LogP contribution in [-0.2, 0) is 16.6 Å². The Morgan fingerprint density at radius 1 is 0.925 bits per heavy atom. The minimum Gasteiger partial charge on any atom is -0.457 e. The van der Waals surface area contributed by atoms with Gasteiger partial charge in [0.25, 0.3) is 0 Å². The number of piperidine rings is 1. The van der Waals surface area contributed by atoms with E-state index in [0.29, 0.717) is 17.5 Å². The van der Waals surface area contributed by atoms with Gasteiger partial charge in [0.15, 0.2) is 0 Å². The number of nitrogens with one attached hydrogen (secondary N) is 2. The molecule has 40 heavy (non-hydrogen) atoms. The smallest absolute Gasteiger partial charge is 0.317 e. The molecule has 2 aromatic rings. The molecule has 9 heteroatoms. The zero-order chi connectivity index (χ0) is 28.4. The van der Waals surface area contributed by atoms with Crippen LogP contribution in [-0.4, -0.2) is 62.2 Å². The van der Waals surface area contributed by atoms with E-state index in [0.717, 1.165) is 76.7 Å². The van der Waals surface area contributed by atoms with Gasteiger partial charge in [-0.25, -0.2) is 13.2 Å². The molecule has 0 atom stereocenters. The molecular weight excluding hydrogens is 524 g/mol. The summed E-state index contributed by atoms with van der Waals surface area (Å²) >= 11 is 0. The average Bonchev–Trinajstić information content (AvgIpc) is 3.21. The normalized spacial score (nSPS) is 17.6. The van der Waals surface area contributed by atoms with E-state index in [1.165, 1.54) is 31.2 Å². The van der Waals surface area contributed by atoms with Crippen molar-refractivity contribution in [2.75, 3.05) is 30.6 Å². The van der Waals surface area contributed by atoms with E-state index in [2.05, 4.69) is 38.9 Å². The zero-order valence-corrected chi connectivity index (χ0v) is 24.9. The number of sulfonamides is 1. The van der Waals surface area contributed by atoms with Crippen molar-refractivity contribution < 1.29 is 17.9 Å². The van der Waals surface area contributed by atoms with Crippen molar-refractivity contribution in [1.29, 1.82) is 0 Å². The van der Waals surface area contributed by atoms with Gasteiger partial charge < -0.3 is 15.0 Å². The van der Waals surface area contributed by atoms with Gasteiger partial charge in [-0.1, -0.05) is 51.2 Å². The van der Waals surface area contributed by atoms with Gasteiger partial charge in [0.2, 0.25) is 10.0 Å². The van der Waals surface area contributed by atoms with Crippen molar-refractivity contribution in [3.8, 4) is 11.5 Å². The number of amides is 2. The number of carbonyl (C=O) groups excluding carboxylic acids is 1. The second-order valence-electron chi connectivity index (χ2n) is 11.3. The monoisotopic (exact) mass is 570 g/mol. The minimum absolute atomic E-state index is 0.149. The summed E-state index contributed by atoms with van der Waals surface area (Å²) < 4.78 is 31.1. The van der Waals surface area contributed by atoms with E-state index in [1.807, 2.05) is 12.1 Å². The van der Waals surface area contributed by atoms with Crippen LogP contribution in [0.4, 0.5) is 10.5 Å². The number of rotatable bonds is 11. The number of unbranched alkanes of at least 4 members (excludes halogenated alkanes) is 1. The Labute approximate surface area is 240 Å². The lowest BCUT2D eigenvalue weighted by molar-refractivity contribution is 0.148. The number of likely N-dealkylation sites (tertiary alicyclic amines) is 1. The summed E-state index contributed by atoms with van der Waals surface area (Å²) in [6.07, 6.45) is 12.6. The van der Waals surface area contributed by atoms with Gasteiger partial charge in [-0.2, -0.15) is 0 Å². The van der Waals surface area contributed by atoms with Crippen molar-refractivity contribution in [3.63, 3.8) is 0 Å². The first-order valence-electron chi connectivity index (χ1n) is 14.9.